The molecule has 3 nitrogen and oxygen atoms in total. The van der Waals surface area contributed by atoms with Crippen LogP contribution in [0.2, 0.25) is 0 Å². The van der Waals surface area contributed by atoms with Gasteiger partial charge in [0.15, 0.2) is 6.79 Å². The Balaban J connectivity index is 0.00000121. The van der Waals surface area contributed by atoms with Crippen LogP contribution in [0.3, 0.4) is 0 Å². The molecule has 1 N–H and O–H groups in total. The smallest absolute Gasteiger partial charge is 0.522 e. The van der Waals surface area contributed by atoms with Gasteiger partial charge in [-0.1, -0.05) is 6.07 Å². The standard InChI is InChI=1S/C8H9O3.K/c1-10-7-3-2-4-8(5-7)11-6-9;/h2-4,9H,6H2,1H3;/q-1;+1. The summed E-state index contributed by atoms with van der Waals surface area (Å²) in [6.45, 7) is -0.344. The number of hydrogen-bond acceptors (Lipinski definition) is 3. The van der Waals surface area contributed by atoms with Gasteiger partial charge < -0.3 is 14.6 Å². The number of rotatable bonds is 3. The van der Waals surface area contributed by atoms with Gasteiger partial charge >= 0.3 is 51.4 Å². The van der Waals surface area contributed by atoms with Crippen LogP contribution in [0, 0.1) is 6.07 Å². The minimum atomic E-state index is -0.344. The second-order valence-electron chi connectivity index (χ2n) is 1.86. The molecule has 1 rings (SSSR count). The van der Waals surface area contributed by atoms with Gasteiger partial charge in [0.2, 0.25) is 0 Å². The molecular weight excluding hydrogens is 183 g/mol. The summed E-state index contributed by atoms with van der Waals surface area (Å²) in [6, 6.07) is 8.00. The Labute approximate surface area is 114 Å². The van der Waals surface area contributed by atoms with Gasteiger partial charge in [0.05, 0.1) is 7.11 Å². The molecule has 0 aliphatic carbocycles. The molecule has 0 heterocycles. The summed E-state index contributed by atoms with van der Waals surface area (Å²) >= 11 is 0. The molecule has 0 fully saturated rings. The molecule has 0 aromatic heterocycles. The fourth-order valence-electron chi connectivity index (χ4n) is 0.700. The largest absolute Gasteiger partial charge is 1.00 e. The quantitative estimate of drug-likeness (QED) is 0.336. The zero-order valence-electron chi connectivity index (χ0n) is 7.20. The minimum Gasteiger partial charge on any atom is -0.522 e. The van der Waals surface area contributed by atoms with E-state index < -0.39 is 0 Å². The number of aliphatic hydroxyl groups is 1. The van der Waals surface area contributed by atoms with Gasteiger partial charge in [-0.05, 0) is 0 Å². The number of benzene rings is 1. The first kappa shape index (κ1) is 12.4. The molecule has 1 aromatic carbocycles. The molecule has 0 radical (unpaired) electrons. The summed E-state index contributed by atoms with van der Waals surface area (Å²) in [7, 11) is 1.55. The van der Waals surface area contributed by atoms with Gasteiger partial charge in [0.25, 0.3) is 0 Å². The van der Waals surface area contributed by atoms with E-state index in [1.807, 2.05) is 0 Å². The van der Waals surface area contributed by atoms with Crippen LogP contribution in [0.1, 0.15) is 0 Å². The van der Waals surface area contributed by atoms with Crippen molar-refractivity contribution in [3.05, 3.63) is 24.3 Å². The maximum absolute atomic E-state index is 8.40. The van der Waals surface area contributed by atoms with E-state index in [0.29, 0.717) is 11.5 Å². The van der Waals surface area contributed by atoms with E-state index >= 15 is 0 Å². The van der Waals surface area contributed by atoms with Crippen molar-refractivity contribution in [2.45, 2.75) is 0 Å². The molecule has 0 saturated heterocycles. The van der Waals surface area contributed by atoms with Crippen molar-refractivity contribution >= 4 is 0 Å². The maximum atomic E-state index is 8.40. The molecule has 12 heavy (non-hydrogen) atoms. The second kappa shape index (κ2) is 6.88. The Bertz CT molecular complexity index is 227. The first-order chi connectivity index (χ1) is 5.36. The molecule has 0 atom stereocenters. The van der Waals surface area contributed by atoms with Gasteiger partial charge in [-0.15, -0.1) is 12.1 Å². The van der Waals surface area contributed by atoms with Crippen molar-refractivity contribution in [2.75, 3.05) is 13.9 Å². The molecule has 1 aromatic rings. The first-order valence-corrected chi connectivity index (χ1v) is 3.17. The summed E-state index contributed by atoms with van der Waals surface area (Å²) in [5.41, 5.74) is 0. The van der Waals surface area contributed by atoms with E-state index in [-0.39, 0.29) is 58.2 Å². The molecule has 0 aliphatic heterocycles. The molecule has 0 amide bonds. The van der Waals surface area contributed by atoms with E-state index in [4.69, 9.17) is 14.6 Å². The molecule has 4 heteroatoms. The van der Waals surface area contributed by atoms with Crippen molar-refractivity contribution in [3.63, 3.8) is 0 Å². The average molecular weight is 192 g/mol. The van der Waals surface area contributed by atoms with Gasteiger partial charge in [0.1, 0.15) is 0 Å². The molecule has 0 spiro atoms. The fourth-order valence-corrected chi connectivity index (χ4v) is 0.700. The normalized spacial score (nSPS) is 8.50. The van der Waals surface area contributed by atoms with Crippen LogP contribution in [0.4, 0.5) is 0 Å². The van der Waals surface area contributed by atoms with Crippen molar-refractivity contribution in [2.24, 2.45) is 0 Å². The van der Waals surface area contributed by atoms with Gasteiger partial charge in [0, 0.05) is 11.5 Å². The average Bonchev–Trinajstić information content (AvgIpc) is 2.06. The Kier molecular flexibility index (Phi) is 7.12. The fraction of sp³-hybridized carbons (Fsp3) is 0.250. The zero-order chi connectivity index (χ0) is 8.10. The molecular formula is C8H9KO3. The van der Waals surface area contributed by atoms with E-state index in [1.54, 1.807) is 25.3 Å². The van der Waals surface area contributed by atoms with E-state index in [9.17, 15) is 0 Å². The van der Waals surface area contributed by atoms with E-state index in [1.165, 1.54) is 0 Å². The molecule has 0 bridgehead atoms. The Morgan fingerprint density at radius 2 is 2.08 bits per heavy atom. The van der Waals surface area contributed by atoms with Crippen LogP contribution in [-0.2, 0) is 0 Å². The third-order valence-electron chi connectivity index (χ3n) is 1.18. The monoisotopic (exact) mass is 192 g/mol. The molecule has 0 saturated carbocycles. The predicted octanol–water partition coefficient (Wildman–Crippen LogP) is -2.17. The summed E-state index contributed by atoms with van der Waals surface area (Å²) < 4.78 is 9.65. The summed E-state index contributed by atoms with van der Waals surface area (Å²) in [6.07, 6.45) is 0. The van der Waals surface area contributed by atoms with Crippen LogP contribution < -0.4 is 60.9 Å². The number of aliphatic hydroxyl groups excluding tert-OH is 1. The summed E-state index contributed by atoms with van der Waals surface area (Å²) in [4.78, 5) is 0. The molecule has 60 valence electrons. The van der Waals surface area contributed by atoms with Crippen LogP contribution in [-0.4, -0.2) is 19.0 Å². The zero-order valence-corrected chi connectivity index (χ0v) is 10.3. The van der Waals surface area contributed by atoms with Crippen molar-refractivity contribution < 1.29 is 66.0 Å². The van der Waals surface area contributed by atoms with E-state index in [0.717, 1.165) is 0 Å². The van der Waals surface area contributed by atoms with Crippen molar-refractivity contribution in [1.82, 2.24) is 0 Å². The summed E-state index contributed by atoms with van der Waals surface area (Å²) in [5, 5.41) is 8.40. The van der Waals surface area contributed by atoms with Gasteiger partial charge in [-0.3, -0.25) is 0 Å². The molecule has 0 aliphatic rings. The second-order valence-corrected chi connectivity index (χ2v) is 1.86. The van der Waals surface area contributed by atoms with Crippen LogP contribution >= 0.6 is 0 Å². The van der Waals surface area contributed by atoms with E-state index in [2.05, 4.69) is 6.07 Å². The SMILES string of the molecule is COc1[c-]c(OCO)ccc1.[K+]. The van der Waals surface area contributed by atoms with Crippen LogP contribution in [0.15, 0.2) is 18.2 Å². The van der Waals surface area contributed by atoms with Crippen molar-refractivity contribution in [3.8, 4) is 11.5 Å². The number of hydrogen-bond donors (Lipinski definition) is 1. The minimum absolute atomic E-state index is 0. The topological polar surface area (TPSA) is 38.7 Å². The van der Waals surface area contributed by atoms with Crippen LogP contribution in [0.5, 0.6) is 11.5 Å². The van der Waals surface area contributed by atoms with Gasteiger partial charge in [-0.2, -0.15) is 6.07 Å². The molecule has 0 unspecified atom stereocenters. The maximum Gasteiger partial charge on any atom is 1.00 e. The summed E-state index contributed by atoms with van der Waals surface area (Å²) in [5.74, 6) is 1.07. The predicted molar refractivity (Wildman–Crippen MR) is 39.5 cm³/mol. The third-order valence-corrected chi connectivity index (χ3v) is 1.18. The van der Waals surface area contributed by atoms with Crippen LogP contribution in [0.25, 0.3) is 0 Å². The Morgan fingerprint density at radius 3 is 2.67 bits per heavy atom. The Hall–Kier alpha value is 0.416. The number of ether oxygens (including phenoxy) is 2. The Morgan fingerprint density at radius 1 is 1.42 bits per heavy atom. The third kappa shape index (κ3) is 3.89. The first-order valence-electron chi connectivity index (χ1n) is 3.17. The number of methoxy groups -OCH3 is 1. The van der Waals surface area contributed by atoms with Gasteiger partial charge in [-0.25, -0.2) is 0 Å². The van der Waals surface area contributed by atoms with Crippen molar-refractivity contribution in [1.29, 1.82) is 0 Å².